The third-order valence-electron chi connectivity index (χ3n) is 1.74. The molecule has 2 rings (SSSR count). The highest BCUT2D eigenvalue weighted by molar-refractivity contribution is 7.15. The zero-order valence-corrected chi connectivity index (χ0v) is 6.80. The molecule has 60 valence electrons. The fourth-order valence-electron chi connectivity index (χ4n) is 1.14. The molecule has 0 bridgehead atoms. The van der Waals surface area contributed by atoms with Crippen molar-refractivity contribution in [3.8, 4) is 0 Å². The highest BCUT2D eigenvalue weighted by Crippen LogP contribution is 2.27. The Morgan fingerprint density at radius 3 is 3.00 bits per heavy atom. The predicted molar refractivity (Wildman–Crippen MR) is 42.5 cm³/mol. The smallest absolute Gasteiger partial charge is 0.203 e. The molecule has 1 fully saturated rings. The van der Waals surface area contributed by atoms with E-state index in [2.05, 4.69) is 10.2 Å². The summed E-state index contributed by atoms with van der Waals surface area (Å²) in [6.07, 6.45) is 1.05. The summed E-state index contributed by atoms with van der Waals surface area (Å²) in [6, 6.07) is 0. The number of aromatic nitrogens is 2. The number of hydrogen-bond donors (Lipinski definition) is 1. The van der Waals surface area contributed by atoms with Gasteiger partial charge in [-0.3, -0.25) is 0 Å². The van der Waals surface area contributed by atoms with Crippen LogP contribution in [0, 0.1) is 0 Å². The number of hydrogen-bond acceptors (Lipinski definition) is 5. The van der Waals surface area contributed by atoms with E-state index in [1.807, 2.05) is 0 Å². The number of nitrogens with two attached hydrogens (primary N) is 1. The van der Waals surface area contributed by atoms with Crippen molar-refractivity contribution in [2.24, 2.45) is 0 Å². The standard InChI is InChI=1S/C6H9N3OS/c7-6-9-8-5(11-6)4-1-2-10-3-4/h4H,1-3H2,(H2,7,9)/t4-/m1/s1. The summed E-state index contributed by atoms with van der Waals surface area (Å²) >= 11 is 1.46. The topological polar surface area (TPSA) is 61.0 Å². The molecule has 1 atom stereocenters. The van der Waals surface area contributed by atoms with Crippen LogP contribution in [0.4, 0.5) is 5.13 Å². The quantitative estimate of drug-likeness (QED) is 0.673. The van der Waals surface area contributed by atoms with Gasteiger partial charge in [0.15, 0.2) is 0 Å². The van der Waals surface area contributed by atoms with Crippen molar-refractivity contribution in [1.82, 2.24) is 10.2 Å². The number of nitrogen functional groups attached to an aromatic ring is 1. The molecule has 0 unspecified atom stereocenters. The minimum absolute atomic E-state index is 0.435. The lowest BCUT2D eigenvalue weighted by Crippen LogP contribution is -1.95. The highest BCUT2D eigenvalue weighted by Gasteiger charge is 2.21. The molecule has 1 aliphatic rings. The molecule has 5 heteroatoms. The average molecular weight is 171 g/mol. The van der Waals surface area contributed by atoms with Crippen LogP contribution in [0.2, 0.25) is 0 Å². The Kier molecular flexibility index (Phi) is 1.75. The van der Waals surface area contributed by atoms with Gasteiger partial charge in [-0.25, -0.2) is 0 Å². The van der Waals surface area contributed by atoms with E-state index in [4.69, 9.17) is 10.5 Å². The van der Waals surface area contributed by atoms with Crippen molar-refractivity contribution in [2.75, 3.05) is 18.9 Å². The van der Waals surface area contributed by atoms with Gasteiger partial charge in [-0.1, -0.05) is 11.3 Å². The van der Waals surface area contributed by atoms with Crippen molar-refractivity contribution in [3.63, 3.8) is 0 Å². The van der Waals surface area contributed by atoms with E-state index in [1.165, 1.54) is 11.3 Å². The van der Waals surface area contributed by atoms with E-state index in [9.17, 15) is 0 Å². The first kappa shape index (κ1) is 7.00. The van der Waals surface area contributed by atoms with Crippen molar-refractivity contribution >= 4 is 16.5 Å². The van der Waals surface area contributed by atoms with Crippen LogP contribution < -0.4 is 5.73 Å². The Labute approximate surface area is 68.4 Å². The SMILES string of the molecule is Nc1nnc([C@@H]2CCOC2)s1. The molecule has 2 heterocycles. The van der Waals surface area contributed by atoms with Crippen LogP contribution in [0.3, 0.4) is 0 Å². The Morgan fingerprint density at radius 1 is 1.55 bits per heavy atom. The maximum absolute atomic E-state index is 5.45. The third kappa shape index (κ3) is 1.34. The van der Waals surface area contributed by atoms with Crippen LogP contribution in [0.25, 0.3) is 0 Å². The number of nitrogens with zero attached hydrogens (tertiary/aromatic N) is 2. The highest BCUT2D eigenvalue weighted by atomic mass is 32.1. The molecule has 1 saturated heterocycles. The molecule has 0 saturated carbocycles. The summed E-state index contributed by atoms with van der Waals surface area (Å²) in [5.74, 6) is 0.435. The van der Waals surface area contributed by atoms with Crippen LogP contribution in [0.15, 0.2) is 0 Å². The second-order valence-electron chi connectivity index (χ2n) is 2.54. The summed E-state index contributed by atoms with van der Waals surface area (Å²) < 4.78 is 5.22. The monoisotopic (exact) mass is 171 g/mol. The lowest BCUT2D eigenvalue weighted by molar-refractivity contribution is 0.194. The van der Waals surface area contributed by atoms with Gasteiger partial charge in [0.1, 0.15) is 5.01 Å². The molecular formula is C6H9N3OS. The van der Waals surface area contributed by atoms with Gasteiger partial charge in [-0.2, -0.15) is 0 Å². The van der Waals surface area contributed by atoms with Crippen LogP contribution in [-0.2, 0) is 4.74 Å². The lowest BCUT2D eigenvalue weighted by atomic mass is 10.1. The van der Waals surface area contributed by atoms with Gasteiger partial charge in [0.05, 0.1) is 6.61 Å². The molecule has 0 radical (unpaired) electrons. The zero-order chi connectivity index (χ0) is 7.68. The van der Waals surface area contributed by atoms with Crippen LogP contribution in [0.1, 0.15) is 17.3 Å². The third-order valence-corrected chi connectivity index (χ3v) is 2.65. The summed E-state index contributed by atoms with van der Waals surface area (Å²) in [7, 11) is 0. The normalized spacial score (nSPS) is 24.2. The lowest BCUT2D eigenvalue weighted by Gasteiger charge is -1.98. The minimum atomic E-state index is 0.435. The number of ether oxygens (including phenoxy) is 1. The Hall–Kier alpha value is -0.680. The molecule has 1 aromatic heterocycles. The first-order valence-electron chi connectivity index (χ1n) is 3.53. The maximum atomic E-state index is 5.45. The van der Waals surface area contributed by atoms with Gasteiger partial charge >= 0.3 is 0 Å². The van der Waals surface area contributed by atoms with Crippen molar-refractivity contribution < 1.29 is 4.74 Å². The zero-order valence-electron chi connectivity index (χ0n) is 5.99. The van der Waals surface area contributed by atoms with Gasteiger partial charge in [0, 0.05) is 12.5 Å². The Bertz CT molecular complexity index is 244. The number of rotatable bonds is 1. The molecule has 0 amide bonds. The summed E-state index contributed by atoms with van der Waals surface area (Å²) in [5, 5.41) is 9.28. The second kappa shape index (κ2) is 2.75. The molecule has 2 N–H and O–H groups in total. The predicted octanol–water partition coefficient (Wildman–Crippen LogP) is 0.624. The largest absolute Gasteiger partial charge is 0.381 e. The van der Waals surface area contributed by atoms with Gasteiger partial charge in [0.25, 0.3) is 0 Å². The molecule has 4 nitrogen and oxygen atoms in total. The van der Waals surface area contributed by atoms with E-state index in [-0.39, 0.29) is 0 Å². The van der Waals surface area contributed by atoms with Crippen molar-refractivity contribution in [1.29, 1.82) is 0 Å². The van der Waals surface area contributed by atoms with Crippen LogP contribution in [-0.4, -0.2) is 23.4 Å². The Balaban J connectivity index is 2.15. The molecule has 0 aliphatic carbocycles. The fraction of sp³-hybridized carbons (Fsp3) is 0.667. The van der Waals surface area contributed by atoms with Crippen LogP contribution in [0.5, 0.6) is 0 Å². The van der Waals surface area contributed by atoms with E-state index >= 15 is 0 Å². The number of anilines is 1. The maximum Gasteiger partial charge on any atom is 0.203 e. The molecule has 1 aromatic rings. The van der Waals surface area contributed by atoms with Gasteiger partial charge in [0.2, 0.25) is 5.13 Å². The summed E-state index contributed by atoms with van der Waals surface area (Å²) in [4.78, 5) is 0. The summed E-state index contributed by atoms with van der Waals surface area (Å²) in [5.41, 5.74) is 5.45. The molecule has 0 aromatic carbocycles. The fourth-order valence-corrected chi connectivity index (χ4v) is 1.87. The molecule has 11 heavy (non-hydrogen) atoms. The molecule has 0 spiro atoms. The molecular weight excluding hydrogens is 162 g/mol. The van der Waals surface area contributed by atoms with E-state index in [0.717, 1.165) is 24.6 Å². The second-order valence-corrected chi connectivity index (χ2v) is 3.58. The van der Waals surface area contributed by atoms with Crippen molar-refractivity contribution in [2.45, 2.75) is 12.3 Å². The summed E-state index contributed by atoms with van der Waals surface area (Å²) in [6.45, 7) is 1.61. The van der Waals surface area contributed by atoms with Gasteiger partial charge < -0.3 is 10.5 Å². The van der Waals surface area contributed by atoms with Gasteiger partial charge in [-0.15, -0.1) is 10.2 Å². The van der Waals surface area contributed by atoms with E-state index < -0.39 is 0 Å². The van der Waals surface area contributed by atoms with Crippen LogP contribution >= 0.6 is 11.3 Å². The van der Waals surface area contributed by atoms with E-state index in [0.29, 0.717) is 11.0 Å². The first-order chi connectivity index (χ1) is 5.36. The average Bonchev–Trinajstić information content (AvgIpc) is 2.55. The minimum Gasteiger partial charge on any atom is -0.381 e. The van der Waals surface area contributed by atoms with Crippen molar-refractivity contribution in [3.05, 3.63) is 5.01 Å². The van der Waals surface area contributed by atoms with E-state index in [1.54, 1.807) is 0 Å². The Morgan fingerprint density at radius 2 is 2.45 bits per heavy atom. The van der Waals surface area contributed by atoms with Gasteiger partial charge in [-0.05, 0) is 6.42 Å². The molecule has 1 aliphatic heterocycles. The first-order valence-corrected chi connectivity index (χ1v) is 4.34.